The number of halogens is 2. The summed E-state index contributed by atoms with van der Waals surface area (Å²) in [6.45, 7) is 1.00. The van der Waals surface area contributed by atoms with Gasteiger partial charge >= 0.3 is 0 Å². The van der Waals surface area contributed by atoms with Gasteiger partial charge in [0, 0.05) is 6.07 Å². The molecule has 3 nitrogen and oxygen atoms in total. The third-order valence-electron chi connectivity index (χ3n) is 1.56. The largest absolute Gasteiger partial charge is 0.492 e. The van der Waals surface area contributed by atoms with E-state index >= 15 is 0 Å². The molecule has 0 aliphatic heterocycles. The SMILES string of the molecule is NC(=S)NCCOc1ccc(Cl)c(Cl)c1. The van der Waals surface area contributed by atoms with Gasteiger partial charge in [-0.1, -0.05) is 23.2 Å². The first-order chi connectivity index (χ1) is 7.09. The van der Waals surface area contributed by atoms with Crippen LogP contribution in [0, 0.1) is 0 Å². The molecule has 0 unspecified atom stereocenters. The molecular formula is C9H10Cl2N2OS. The number of benzene rings is 1. The highest BCUT2D eigenvalue weighted by Gasteiger charge is 1.99. The molecule has 0 heterocycles. The number of nitrogens with two attached hydrogens (primary N) is 1. The summed E-state index contributed by atoms with van der Waals surface area (Å²) < 4.78 is 5.37. The molecule has 1 rings (SSSR count). The standard InChI is InChI=1S/C9H10Cl2N2OS/c10-7-2-1-6(5-8(7)11)14-4-3-13-9(12)15/h1-2,5H,3-4H2,(H3,12,13,15). The minimum absolute atomic E-state index is 0.257. The molecule has 0 amide bonds. The number of hydrogen-bond acceptors (Lipinski definition) is 2. The van der Waals surface area contributed by atoms with Crippen LogP contribution in [0.25, 0.3) is 0 Å². The second kappa shape index (κ2) is 6.00. The monoisotopic (exact) mass is 264 g/mol. The van der Waals surface area contributed by atoms with Gasteiger partial charge in [-0.25, -0.2) is 0 Å². The summed E-state index contributed by atoms with van der Waals surface area (Å²) in [4.78, 5) is 0. The first kappa shape index (κ1) is 12.4. The Morgan fingerprint density at radius 1 is 1.40 bits per heavy atom. The van der Waals surface area contributed by atoms with Crippen molar-refractivity contribution in [3.63, 3.8) is 0 Å². The molecule has 0 aliphatic carbocycles. The Labute approximate surface area is 103 Å². The highest BCUT2D eigenvalue weighted by molar-refractivity contribution is 7.80. The van der Waals surface area contributed by atoms with Crippen molar-refractivity contribution in [2.24, 2.45) is 5.73 Å². The van der Waals surface area contributed by atoms with Crippen LogP contribution in [0.4, 0.5) is 0 Å². The van der Waals surface area contributed by atoms with Crippen molar-refractivity contribution in [1.82, 2.24) is 5.32 Å². The number of thiocarbonyl (C=S) groups is 1. The number of rotatable bonds is 4. The lowest BCUT2D eigenvalue weighted by Crippen LogP contribution is -2.32. The molecule has 0 atom stereocenters. The van der Waals surface area contributed by atoms with Gasteiger partial charge in [-0.3, -0.25) is 0 Å². The van der Waals surface area contributed by atoms with Crippen molar-refractivity contribution in [2.75, 3.05) is 13.2 Å². The molecule has 0 radical (unpaired) electrons. The zero-order chi connectivity index (χ0) is 11.3. The van der Waals surface area contributed by atoms with Crippen molar-refractivity contribution in [3.8, 4) is 5.75 Å². The lowest BCUT2D eigenvalue weighted by molar-refractivity contribution is 0.322. The Kier molecular flexibility index (Phi) is 4.94. The molecule has 0 spiro atoms. The molecule has 6 heteroatoms. The van der Waals surface area contributed by atoms with E-state index in [4.69, 9.17) is 33.7 Å². The smallest absolute Gasteiger partial charge is 0.163 e. The van der Waals surface area contributed by atoms with E-state index in [-0.39, 0.29) is 5.11 Å². The van der Waals surface area contributed by atoms with Crippen LogP contribution < -0.4 is 15.8 Å². The van der Waals surface area contributed by atoms with Gasteiger partial charge in [-0.15, -0.1) is 0 Å². The Morgan fingerprint density at radius 3 is 2.73 bits per heavy atom. The molecule has 0 aliphatic rings. The minimum Gasteiger partial charge on any atom is -0.492 e. The van der Waals surface area contributed by atoms with Gasteiger partial charge in [0.25, 0.3) is 0 Å². The molecule has 0 saturated carbocycles. The van der Waals surface area contributed by atoms with E-state index in [1.165, 1.54) is 0 Å². The number of hydrogen-bond donors (Lipinski definition) is 2. The quantitative estimate of drug-likeness (QED) is 0.647. The Balaban J connectivity index is 2.38. The summed E-state index contributed by atoms with van der Waals surface area (Å²) in [6, 6.07) is 5.08. The Hall–Kier alpha value is -0.710. The van der Waals surface area contributed by atoms with E-state index < -0.39 is 0 Å². The van der Waals surface area contributed by atoms with Crippen molar-refractivity contribution >= 4 is 40.5 Å². The Morgan fingerprint density at radius 2 is 2.13 bits per heavy atom. The highest BCUT2D eigenvalue weighted by atomic mass is 35.5. The van der Waals surface area contributed by atoms with Crippen molar-refractivity contribution in [2.45, 2.75) is 0 Å². The van der Waals surface area contributed by atoms with Crippen LogP contribution in [0.2, 0.25) is 10.0 Å². The molecule has 0 aromatic heterocycles. The van der Waals surface area contributed by atoms with Crippen molar-refractivity contribution < 1.29 is 4.74 Å². The first-order valence-corrected chi connectivity index (χ1v) is 5.37. The van der Waals surface area contributed by atoms with Crippen LogP contribution in [0.1, 0.15) is 0 Å². The molecule has 0 fully saturated rings. The molecule has 15 heavy (non-hydrogen) atoms. The van der Waals surface area contributed by atoms with E-state index in [0.29, 0.717) is 28.9 Å². The second-order valence-corrected chi connectivity index (χ2v) is 3.97. The summed E-state index contributed by atoms with van der Waals surface area (Å²) in [5, 5.41) is 4.00. The summed E-state index contributed by atoms with van der Waals surface area (Å²) in [5.74, 6) is 0.661. The molecule has 0 bridgehead atoms. The van der Waals surface area contributed by atoms with E-state index in [1.807, 2.05) is 0 Å². The predicted molar refractivity (Wildman–Crippen MR) is 66.7 cm³/mol. The van der Waals surface area contributed by atoms with Crippen LogP contribution in [0.5, 0.6) is 5.75 Å². The summed E-state index contributed by atoms with van der Waals surface area (Å²) in [7, 11) is 0. The van der Waals surface area contributed by atoms with Gasteiger partial charge < -0.3 is 15.8 Å². The third-order valence-corrected chi connectivity index (χ3v) is 2.44. The number of nitrogens with one attached hydrogen (secondary N) is 1. The van der Waals surface area contributed by atoms with Crippen molar-refractivity contribution in [3.05, 3.63) is 28.2 Å². The fourth-order valence-electron chi connectivity index (χ4n) is 0.910. The molecule has 0 saturated heterocycles. The van der Waals surface area contributed by atoms with Gasteiger partial charge in [0.15, 0.2) is 5.11 Å². The van der Waals surface area contributed by atoms with Gasteiger partial charge in [0.1, 0.15) is 12.4 Å². The van der Waals surface area contributed by atoms with Crippen LogP contribution in [-0.2, 0) is 0 Å². The van der Waals surface area contributed by atoms with Crippen LogP contribution >= 0.6 is 35.4 Å². The normalized spacial score (nSPS) is 9.73. The summed E-state index contributed by atoms with van der Waals surface area (Å²) in [6.07, 6.45) is 0. The number of ether oxygens (including phenoxy) is 1. The first-order valence-electron chi connectivity index (χ1n) is 4.21. The highest BCUT2D eigenvalue weighted by Crippen LogP contribution is 2.26. The molecule has 1 aromatic carbocycles. The van der Waals surface area contributed by atoms with Crippen molar-refractivity contribution in [1.29, 1.82) is 0 Å². The topological polar surface area (TPSA) is 47.3 Å². The van der Waals surface area contributed by atoms with Crippen LogP contribution in [-0.4, -0.2) is 18.3 Å². The zero-order valence-electron chi connectivity index (χ0n) is 7.80. The van der Waals surface area contributed by atoms with Gasteiger partial charge in [-0.05, 0) is 24.4 Å². The van der Waals surface area contributed by atoms with Crippen LogP contribution in [0.3, 0.4) is 0 Å². The second-order valence-electron chi connectivity index (χ2n) is 2.72. The Bertz CT molecular complexity index is 360. The zero-order valence-corrected chi connectivity index (χ0v) is 10.1. The van der Waals surface area contributed by atoms with E-state index in [9.17, 15) is 0 Å². The molecular weight excluding hydrogens is 255 g/mol. The van der Waals surface area contributed by atoms with E-state index in [2.05, 4.69) is 17.5 Å². The van der Waals surface area contributed by atoms with E-state index in [1.54, 1.807) is 18.2 Å². The van der Waals surface area contributed by atoms with E-state index in [0.717, 1.165) is 0 Å². The average Bonchev–Trinajstić information content (AvgIpc) is 2.18. The average molecular weight is 265 g/mol. The summed E-state index contributed by atoms with van der Waals surface area (Å²) >= 11 is 16.2. The predicted octanol–water partition coefficient (Wildman–Crippen LogP) is 2.21. The van der Waals surface area contributed by atoms with Gasteiger partial charge in [-0.2, -0.15) is 0 Å². The maximum absolute atomic E-state index is 5.81. The molecule has 82 valence electrons. The van der Waals surface area contributed by atoms with Gasteiger partial charge in [0.2, 0.25) is 0 Å². The lowest BCUT2D eigenvalue weighted by Gasteiger charge is -2.07. The van der Waals surface area contributed by atoms with Gasteiger partial charge in [0.05, 0.1) is 16.6 Å². The fourth-order valence-corrected chi connectivity index (χ4v) is 1.30. The summed E-state index contributed by atoms with van der Waals surface area (Å²) in [5.41, 5.74) is 5.24. The maximum atomic E-state index is 5.81. The lowest BCUT2D eigenvalue weighted by atomic mass is 10.3. The molecule has 3 N–H and O–H groups in total. The maximum Gasteiger partial charge on any atom is 0.163 e. The minimum atomic E-state index is 0.257. The fraction of sp³-hybridized carbons (Fsp3) is 0.222. The third kappa shape index (κ3) is 4.55. The molecule has 1 aromatic rings. The van der Waals surface area contributed by atoms with Crippen LogP contribution in [0.15, 0.2) is 18.2 Å².